The summed E-state index contributed by atoms with van der Waals surface area (Å²) in [6.07, 6.45) is 5.01. The summed E-state index contributed by atoms with van der Waals surface area (Å²) in [5.41, 5.74) is 20.3. The summed E-state index contributed by atoms with van der Waals surface area (Å²) in [6, 6.07) is 77.1. The molecule has 1 saturated carbocycles. The average molecular weight is 798 g/mol. The zero-order valence-corrected chi connectivity index (χ0v) is 35.9. The highest BCUT2D eigenvalue weighted by Crippen LogP contribution is 2.58. The lowest BCUT2D eigenvalue weighted by Gasteiger charge is -2.34. The smallest absolute Gasteiger partial charge is 0.0546 e. The Hall–Kier alpha value is -6.96. The first-order chi connectivity index (χ1) is 30.4. The van der Waals surface area contributed by atoms with E-state index in [1.54, 1.807) is 0 Å². The van der Waals surface area contributed by atoms with Crippen LogP contribution in [0.15, 0.2) is 206 Å². The van der Waals surface area contributed by atoms with Crippen LogP contribution >= 0.6 is 0 Å². The van der Waals surface area contributed by atoms with Crippen LogP contribution in [0.5, 0.6) is 0 Å². The van der Waals surface area contributed by atoms with Crippen molar-refractivity contribution >= 4 is 27.8 Å². The number of nitrogens with zero attached hydrogens (tertiary/aromatic N) is 1. The van der Waals surface area contributed by atoms with Crippen molar-refractivity contribution in [3.8, 4) is 55.6 Å². The van der Waals surface area contributed by atoms with Gasteiger partial charge in [-0.05, 0) is 138 Å². The van der Waals surface area contributed by atoms with E-state index in [1.165, 1.54) is 114 Å². The zero-order valence-electron chi connectivity index (χ0n) is 35.9. The molecule has 0 atom stereocenters. The van der Waals surface area contributed by atoms with Crippen molar-refractivity contribution < 1.29 is 0 Å². The molecule has 0 heterocycles. The Morgan fingerprint density at radius 2 is 0.968 bits per heavy atom. The van der Waals surface area contributed by atoms with Gasteiger partial charge in [-0.25, -0.2) is 0 Å². The Kier molecular flexibility index (Phi) is 9.31. The van der Waals surface area contributed by atoms with Crippen molar-refractivity contribution in [1.82, 2.24) is 0 Å². The summed E-state index contributed by atoms with van der Waals surface area (Å²) in [5.74, 6) is 0. The molecule has 0 aromatic heterocycles. The Morgan fingerprint density at radius 3 is 1.73 bits per heavy atom. The Morgan fingerprint density at radius 1 is 0.387 bits per heavy atom. The van der Waals surface area contributed by atoms with E-state index in [4.69, 9.17) is 0 Å². The second-order valence-corrected chi connectivity index (χ2v) is 18.5. The molecule has 1 heteroatoms. The molecule has 300 valence electrons. The third kappa shape index (κ3) is 6.47. The average Bonchev–Trinajstić information content (AvgIpc) is 3.92. The number of hydrogen-bond donors (Lipinski definition) is 0. The molecule has 1 fully saturated rings. The van der Waals surface area contributed by atoms with Gasteiger partial charge in [-0.15, -0.1) is 0 Å². The van der Waals surface area contributed by atoms with Crippen LogP contribution in [0.1, 0.15) is 63.1 Å². The van der Waals surface area contributed by atoms with E-state index in [9.17, 15) is 0 Å². The maximum atomic E-state index is 2.54. The van der Waals surface area contributed by atoms with Crippen LogP contribution in [0.3, 0.4) is 0 Å². The minimum absolute atomic E-state index is 0.118. The largest absolute Gasteiger partial charge is 0.310 e. The molecule has 1 nitrogen and oxygen atoms in total. The molecule has 0 radical (unpaired) electrons. The van der Waals surface area contributed by atoms with Gasteiger partial charge in [0.1, 0.15) is 0 Å². The molecule has 2 aliphatic carbocycles. The van der Waals surface area contributed by atoms with Crippen LogP contribution in [-0.2, 0) is 10.8 Å². The summed E-state index contributed by atoms with van der Waals surface area (Å²) < 4.78 is 0. The fourth-order valence-corrected chi connectivity index (χ4v) is 10.7. The molecule has 0 saturated heterocycles. The quantitative estimate of drug-likeness (QED) is 0.155. The lowest BCUT2D eigenvalue weighted by atomic mass is 9.76. The Labute approximate surface area is 367 Å². The number of benzene rings is 9. The molecule has 0 bridgehead atoms. The maximum Gasteiger partial charge on any atom is 0.0546 e. The van der Waals surface area contributed by atoms with Gasteiger partial charge in [0.15, 0.2) is 0 Å². The molecule has 0 aliphatic heterocycles. The van der Waals surface area contributed by atoms with Gasteiger partial charge < -0.3 is 4.90 Å². The molecule has 0 unspecified atom stereocenters. The lowest BCUT2D eigenvalue weighted by Crippen LogP contribution is -2.20. The minimum atomic E-state index is -0.172. The van der Waals surface area contributed by atoms with E-state index >= 15 is 0 Å². The van der Waals surface area contributed by atoms with Crippen LogP contribution in [-0.4, -0.2) is 0 Å². The van der Waals surface area contributed by atoms with Gasteiger partial charge >= 0.3 is 0 Å². The van der Waals surface area contributed by atoms with Gasteiger partial charge in [0.05, 0.1) is 5.69 Å². The summed E-state index contributed by atoms with van der Waals surface area (Å²) >= 11 is 0. The number of fused-ring (bicyclic) bond motifs is 6. The van der Waals surface area contributed by atoms with Crippen molar-refractivity contribution in [2.45, 2.75) is 57.3 Å². The van der Waals surface area contributed by atoms with Gasteiger partial charge in [0.25, 0.3) is 0 Å². The van der Waals surface area contributed by atoms with Crippen LogP contribution in [0.2, 0.25) is 0 Å². The van der Waals surface area contributed by atoms with E-state index in [-0.39, 0.29) is 10.8 Å². The van der Waals surface area contributed by atoms with Gasteiger partial charge in [-0.3, -0.25) is 0 Å². The highest BCUT2D eigenvalue weighted by Gasteiger charge is 2.45. The number of rotatable bonds is 7. The summed E-state index contributed by atoms with van der Waals surface area (Å²) in [4.78, 5) is 2.54. The monoisotopic (exact) mass is 797 g/mol. The standard InChI is InChI=1S/C61H51N/c1-60(2,3)56-41-48(47-28-27-43-19-10-11-22-46(43)39-47)32-36-57(56)62(50-33-29-44(30-34-50)42-17-6-4-7-18-42)58-26-16-24-51(45-20-8-5-9-21-45)59(58)49-31-35-55-53(40-49)52-23-12-13-25-54(52)61(55)37-14-15-38-61/h4-13,16-36,39-41H,14-15,37-38H2,1-3H3. The first kappa shape index (κ1) is 38.0. The predicted octanol–water partition coefficient (Wildman–Crippen LogP) is 17.1. The summed E-state index contributed by atoms with van der Waals surface area (Å²) in [5, 5.41) is 2.51. The molecule has 0 N–H and O–H groups in total. The second kappa shape index (κ2) is 15.2. The molecular weight excluding hydrogens is 747 g/mol. The van der Waals surface area contributed by atoms with E-state index in [1.807, 2.05) is 0 Å². The van der Waals surface area contributed by atoms with Gasteiger partial charge in [-0.2, -0.15) is 0 Å². The molecule has 9 aromatic carbocycles. The molecule has 2 aliphatic rings. The van der Waals surface area contributed by atoms with E-state index in [0.29, 0.717) is 0 Å². The van der Waals surface area contributed by atoms with Crippen LogP contribution in [0.25, 0.3) is 66.4 Å². The minimum Gasteiger partial charge on any atom is -0.310 e. The normalized spacial score (nSPS) is 13.9. The molecule has 9 aromatic rings. The molecule has 11 rings (SSSR count). The SMILES string of the molecule is CC(C)(C)c1cc(-c2ccc3ccccc3c2)ccc1N(c1ccc(-c2ccccc2)cc1)c1cccc(-c2ccccc2)c1-c1ccc2c(c1)-c1ccccc1C21CCCC1. The van der Waals surface area contributed by atoms with Crippen LogP contribution in [0, 0.1) is 0 Å². The first-order valence-corrected chi connectivity index (χ1v) is 22.4. The number of anilines is 3. The maximum absolute atomic E-state index is 2.54. The fraction of sp³-hybridized carbons (Fsp3) is 0.148. The van der Waals surface area contributed by atoms with Crippen molar-refractivity contribution in [3.63, 3.8) is 0 Å². The highest BCUT2D eigenvalue weighted by molar-refractivity contribution is 5.99. The van der Waals surface area contributed by atoms with E-state index in [0.717, 1.165) is 11.4 Å². The van der Waals surface area contributed by atoms with E-state index < -0.39 is 0 Å². The van der Waals surface area contributed by atoms with Crippen LogP contribution < -0.4 is 4.90 Å². The molecular formula is C61H51N. The van der Waals surface area contributed by atoms with Gasteiger partial charge in [0, 0.05) is 22.4 Å². The third-order valence-corrected chi connectivity index (χ3v) is 13.7. The second-order valence-electron chi connectivity index (χ2n) is 18.5. The Balaban J connectivity index is 1.16. The molecule has 62 heavy (non-hydrogen) atoms. The number of hydrogen-bond acceptors (Lipinski definition) is 1. The zero-order chi connectivity index (χ0) is 41.8. The fourth-order valence-electron chi connectivity index (χ4n) is 10.7. The predicted molar refractivity (Wildman–Crippen MR) is 264 cm³/mol. The van der Waals surface area contributed by atoms with Crippen LogP contribution in [0.4, 0.5) is 17.1 Å². The third-order valence-electron chi connectivity index (χ3n) is 13.7. The lowest BCUT2D eigenvalue weighted by molar-refractivity contribution is 0.550. The topological polar surface area (TPSA) is 3.24 Å². The first-order valence-electron chi connectivity index (χ1n) is 22.4. The summed E-state index contributed by atoms with van der Waals surface area (Å²) in [6.45, 7) is 7.06. The van der Waals surface area contributed by atoms with E-state index in [2.05, 4.69) is 232 Å². The molecule has 1 spiro atoms. The molecule has 0 amide bonds. The van der Waals surface area contributed by atoms with Crippen molar-refractivity contribution in [3.05, 3.63) is 223 Å². The van der Waals surface area contributed by atoms with Gasteiger partial charge in [0.2, 0.25) is 0 Å². The van der Waals surface area contributed by atoms with Crippen molar-refractivity contribution in [1.29, 1.82) is 0 Å². The van der Waals surface area contributed by atoms with Crippen molar-refractivity contribution in [2.24, 2.45) is 0 Å². The van der Waals surface area contributed by atoms with Gasteiger partial charge in [-0.1, -0.05) is 197 Å². The highest BCUT2D eigenvalue weighted by atomic mass is 15.1. The Bertz CT molecular complexity index is 3090. The van der Waals surface area contributed by atoms with Crippen molar-refractivity contribution in [2.75, 3.05) is 4.90 Å². The summed E-state index contributed by atoms with van der Waals surface area (Å²) in [7, 11) is 0.